The van der Waals surface area contributed by atoms with Crippen molar-refractivity contribution in [3.8, 4) is 0 Å². The number of rotatable bonds is 8. The Morgan fingerprint density at radius 1 is 1.21 bits per heavy atom. The number of Topliss-reactive ketones (excluding diaryl/α,β-unsaturated/α-hetero) is 1. The largest absolute Gasteiger partial charge is 0.522 e. The molecule has 3 rings (SSSR count). The van der Waals surface area contributed by atoms with Crippen molar-refractivity contribution in [1.29, 1.82) is 0 Å². The number of ketones is 1. The molecule has 10 nitrogen and oxygen atoms in total. The van der Waals surface area contributed by atoms with Gasteiger partial charge in [-0.3, -0.25) is 28.7 Å². The molecule has 3 fully saturated rings. The maximum absolute atomic E-state index is 13.1. The summed E-state index contributed by atoms with van der Waals surface area (Å²) in [5.74, 6) is -4.55. The molecule has 0 aromatic rings. The molecule has 0 aromatic carbocycles. The Labute approximate surface area is 194 Å². The molecule has 190 valence electrons. The van der Waals surface area contributed by atoms with Crippen molar-refractivity contribution in [1.82, 2.24) is 20.9 Å². The number of nitrogens with one attached hydrogen (secondary N) is 3. The molecule has 0 radical (unpaired) electrons. The van der Waals surface area contributed by atoms with Crippen LogP contribution in [0.25, 0.3) is 0 Å². The SMILES string of the molecule is CC(C)NC(=O)C(=O)N1CC2(CC2)C[C@H]1C(=O)N[C@@H](CC1CCNC1=O)C(=O)COC(F)(F)F. The molecule has 2 aliphatic heterocycles. The van der Waals surface area contributed by atoms with Gasteiger partial charge in [-0.2, -0.15) is 0 Å². The molecular formula is C21H29F3N4O6. The second-order valence-electron chi connectivity index (χ2n) is 9.56. The Bertz CT molecular complexity index is 858. The molecule has 2 saturated heterocycles. The van der Waals surface area contributed by atoms with Crippen LogP contribution in [0.3, 0.4) is 0 Å². The molecule has 1 saturated carbocycles. The predicted octanol–water partition coefficient (Wildman–Crippen LogP) is 0.00860. The monoisotopic (exact) mass is 490 g/mol. The normalized spacial score (nSPS) is 24.2. The first kappa shape index (κ1) is 25.9. The van der Waals surface area contributed by atoms with E-state index in [4.69, 9.17) is 0 Å². The van der Waals surface area contributed by atoms with Gasteiger partial charge in [0.15, 0.2) is 5.78 Å². The highest BCUT2D eigenvalue weighted by Crippen LogP contribution is 2.54. The van der Waals surface area contributed by atoms with Crippen LogP contribution in [0, 0.1) is 11.3 Å². The fraction of sp³-hybridized carbons (Fsp3) is 0.762. The van der Waals surface area contributed by atoms with Crippen LogP contribution >= 0.6 is 0 Å². The van der Waals surface area contributed by atoms with Gasteiger partial charge in [-0.1, -0.05) is 0 Å². The molecule has 0 bridgehead atoms. The van der Waals surface area contributed by atoms with Crippen molar-refractivity contribution in [2.75, 3.05) is 19.7 Å². The van der Waals surface area contributed by atoms with Gasteiger partial charge in [-0.05, 0) is 51.4 Å². The van der Waals surface area contributed by atoms with E-state index in [1.165, 1.54) is 0 Å². The Hall–Kier alpha value is -2.70. The van der Waals surface area contributed by atoms with Gasteiger partial charge < -0.3 is 20.9 Å². The van der Waals surface area contributed by atoms with Crippen LogP contribution in [0.2, 0.25) is 0 Å². The summed E-state index contributed by atoms with van der Waals surface area (Å²) in [5.41, 5.74) is -0.278. The number of hydrogen-bond acceptors (Lipinski definition) is 6. The molecule has 2 heterocycles. The van der Waals surface area contributed by atoms with E-state index in [1.54, 1.807) is 13.8 Å². The van der Waals surface area contributed by atoms with Crippen LogP contribution in [-0.4, -0.2) is 78.5 Å². The fourth-order valence-electron chi connectivity index (χ4n) is 4.44. The highest BCUT2D eigenvalue weighted by Gasteiger charge is 2.56. The number of halogens is 3. The third kappa shape index (κ3) is 6.45. The minimum atomic E-state index is -5.04. The first-order valence-electron chi connectivity index (χ1n) is 11.2. The van der Waals surface area contributed by atoms with Crippen molar-refractivity contribution in [3.05, 3.63) is 0 Å². The first-order chi connectivity index (χ1) is 15.8. The van der Waals surface area contributed by atoms with Gasteiger partial charge in [-0.25, -0.2) is 0 Å². The van der Waals surface area contributed by atoms with Crippen molar-refractivity contribution < 1.29 is 41.9 Å². The van der Waals surface area contributed by atoms with Crippen molar-refractivity contribution in [3.63, 3.8) is 0 Å². The smallest absolute Gasteiger partial charge is 0.356 e. The summed E-state index contributed by atoms with van der Waals surface area (Å²) in [7, 11) is 0. The van der Waals surface area contributed by atoms with E-state index in [2.05, 4.69) is 20.7 Å². The van der Waals surface area contributed by atoms with Gasteiger partial charge in [0, 0.05) is 25.0 Å². The van der Waals surface area contributed by atoms with Crippen LogP contribution in [0.4, 0.5) is 13.2 Å². The topological polar surface area (TPSA) is 134 Å². The van der Waals surface area contributed by atoms with Gasteiger partial charge >= 0.3 is 18.2 Å². The maximum Gasteiger partial charge on any atom is 0.522 e. The van der Waals surface area contributed by atoms with E-state index in [0.717, 1.165) is 17.7 Å². The lowest BCUT2D eigenvalue weighted by Crippen LogP contribution is -2.54. The predicted molar refractivity (Wildman–Crippen MR) is 110 cm³/mol. The van der Waals surface area contributed by atoms with E-state index < -0.39 is 54.5 Å². The molecular weight excluding hydrogens is 461 g/mol. The molecule has 0 aromatic heterocycles. The third-order valence-corrected chi connectivity index (χ3v) is 6.41. The molecule has 3 atom stereocenters. The molecule has 4 amide bonds. The van der Waals surface area contributed by atoms with Gasteiger partial charge in [-0.15, -0.1) is 13.2 Å². The zero-order valence-corrected chi connectivity index (χ0v) is 19.0. The van der Waals surface area contributed by atoms with Gasteiger partial charge in [0.2, 0.25) is 11.8 Å². The van der Waals surface area contributed by atoms with Gasteiger partial charge in [0.1, 0.15) is 12.6 Å². The van der Waals surface area contributed by atoms with Crippen molar-refractivity contribution in [2.45, 2.75) is 70.4 Å². The van der Waals surface area contributed by atoms with Crippen LogP contribution in [0.5, 0.6) is 0 Å². The maximum atomic E-state index is 13.1. The number of alkyl halides is 3. The van der Waals surface area contributed by atoms with Crippen molar-refractivity contribution in [2.24, 2.45) is 11.3 Å². The number of amides is 4. The molecule has 1 aliphatic carbocycles. The summed E-state index contributed by atoms with van der Waals surface area (Å²) in [6, 6.07) is -2.76. The van der Waals surface area contributed by atoms with E-state index in [1.807, 2.05) is 0 Å². The number of carbonyl (C=O) groups is 5. The second kappa shape index (κ2) is 9.88. The Morgan fingerprint density at radius 2 is 1.88 bits per heavy atom. The average molecular weight is 490 g/mol. The Kier molecular flexibility index (Phi) is 7.53. The fourth-order valence-corrected chi connectivity index (χ4v) is 4.44. The van der Waals surface area contributed by atoms with Crippen LogP contribution < -0.4 is 16.0 Å². The number of nitrogens with zero attached hydrogens (tertiary/aromatic N) is 1. The van der Waals surface area contributed by atoms with E-state index in [9.17, 15) is 37.1 Å². The van der Waals surface area contributed by atoms with Gasteiger partial charge in [0.25, 0.3) is 0 Å². The molecule has 1 unspecified atom stereocenters. The summed E-state index contributed by atoms with van der Waals surface area (Å²) in [6.45, 7) is 2.60. The number of likely N-dealkylation sites (tertiary alicyclic amines) is 1. The lowest BCUT2D eigenvalue weighted by molar-refractivity contribution is -0.321. The molecule has 3 N–H and O–H groups in total. The lowest BCUT2D eigenvalue weighted by atomic mass is 9.95. The highest BCUT2D eigenvalue weighted by molar-refractivity contribution is 6.35. The lowest BCUT2D eigenvalue weighted by Gasteiger charge is -2.26. The van der Waals surface area contributed by atoms with Crippen LogP contribution in [0.15, 0.2) is 0 Å². The highest BCUT2D eigenvalue weighted by atomic mass is 19.4. The Morgan fingerprint density at radius 3 is 2.41 bits per heavy atom. The summed E-state index contributed by atoms with van der Waals surface area (Å²) in [4.78, 5) is 63.7. The molecule has 3 aliphatic rings. The van der Waals surface area contributed by atoms with Gasteiger partial charge in [0.05, 0.1) is 6.04 Å². The Balaban J connectivity index is 1.73. The van der Waals surface area contributed by atoms with E-state index in [0.29, 0.717) is 13.0 Å². The third-order valence-electron chi connectivity index (χ3n) is 6.41. The number of ether oxygens (including phenoxy) is 1. The number of hydrogen-bond donors (Lipinski definition) is 3. The zero-order chi connectivity index (χ0) is 25.3. The first-order valence-corrected chi connectivity index (χ1v) is 11.2. The van der Waals surface area contributed by atoms with Crippen LogP contribution in [-0.2, 0) is 28.7 Å². The summed E-state index contributed by atoms with van der Waals surface area (Å²) >= 11 is 0. The molecule has 34 heavy (non-hydrogen) atoms. The van der Waals surface area contributed by atoms with Crippen molar-refractivity contribution >= 4 is 29.4 Å². The minimum absolute atomic E-state index is 0.197. The minimum Gasteiger partial charge on any atom is -0.356 e. The quantitative estimate of drug-likeness (QED) is 0.411. The summed E-state index contributed by atoms with van der Waals surface area (Å²) in [6.07, 6.45) is -3.04. The van der Waals surface area contributed by atoms with Crippen LogP contribution in [0.1, 0.15) is 46.0 Å². The average Bonchev–Trinajstić information content (AvgIpc) is 3.19. The second-order valence-corrected chi connectivity index (χ2v) is 9.56. The summed E-state index contributed by atoms with van der Waals surface area (Å²) in [5, 5.41) is 7.49. The van der Waals surface area contributed by atoms with E-state index in [-0.39, 0.29) is 36.8 Å². The molecule has 1 spiro atoms. The zero-order valence-electron chi connectivity index (χ0n) is 19.0. The number of carbonyl (C=O) groups excluding carboxylic acids is 5. The standard InChI is InChI=1S/C21H29F3N4O6/c1-11(2)26-18(32)19(33)28-10-20(4-5-20)8-14(28)17(31)27-13(7-12-3-6-25-16(12)30)15(29)9-34-21(22,23)24/h11-14H,3-10H2,1-2H3,(H,25,30)(H,26,32)(H,27,31)/t12?,13-,14-/m0/s1. The molecule has 13 heteroatoms. The summed E-state index contributed by atoms with van der Waals surface area (Å²) < 4.78 is 41.0. The van der Waals surface area contributed by atoms with E-state index >= 15 is 0 Å².